The van der Waals surface area contributed by atoms with Crippen LogP contribution in [0, 0.1) is 0 Å². The van der Waals surface area contributed by atoms with Gasteiger partial charge in [0.25, 0.3) is 10.2 Å². The third kappa shape index (κ3) is 5.21. The van der Waals surface area contributed by atoms with Gasteiger partial charge in [-0.1, -0.05) is 44.2 Å². The van der Waals surface area contributed by atoms with E-state index in [0.717, 1.165) is 5.56 Å². The maximum Gasteiger partial charge on any atom is 0.410 e. The standard InChI is InChI=1S/C19H31N3O4S/c1-6-21(7-2)27(24,25)22-14-13-20(18(23)26-19(3,4)5)15-17(22)16-11-9-8-10-12-16/h8-12,17H,6-7,13-15H2,1-5H3. The number of rotatable bonds is 5. The lowest BCUT2D eigenvalue weighted by molar-refractivity contribution is 0.0126. The summed E-state index contributed by atoms with van der Waals surface area (Å²) in [4.78, 5) is 14.1. The van der Waals surface area contributed by atoms with Crippen LogP contribution in [0.15, 0.2) is 30.3 Å². The lowest BCUT2D eigenvalue weighted by atomic mass is 10.0. The lowest BCUT2D eigenvalue weighted by Gasteiger charge is -2.42. The average molecular weight is 398 g/mol. The number of benzene rings is 1. The van der Waals surface area contributed by atoms with Gasteiger partial charge in [0.1, 0.15) is 5.60 Å². The number of amides is 1. The molecule has 1 atom stereocenters. The Hall–Kier alpha value is -1.64. The van der Waals surface area contributed by atoms with Crippen molar-refractivity contribution in [1.82, 2.24) is 13.5 Å². The summed E-state index contributed by atoms with van der Waals surface area (Å²) >= 11 is 0. The van der Waals surface area contributed by atoms with Crippen molar-refractivity contribution in [3.05, 3.63) is 35.9 Å². The molecule has 0 N–H and O–H groups in total. The number of carbonyl (C=O) groups excluding carboxylic acids is 1. The summed E-state index contributed by atoms with van der Waals surface area (Å²) in [5.74, 6) is 0. The smallest absolute Gasteiger partial charge is 0.410 e. The molecule has 1 aliphatic heterocycles. The van der Waals surface area contributed by atoms with Crippen LogP contribution in [0.3, 0.4) is 0 Å². The molecule has 0 aliphatic carbocycles. The van der Waals surface area contributed by atoms with E-state index in [-0.39, 0.29) is 13.1 Å². The second kappa shape index (κ2) is 8.58. The third-order valence-corrected chi connectivity index (χ3v) is 6.69. The number of ether oxygens (including phenoxy) is 1. The molecule has 1 heterocycles. The van der Waals surface area contributed by atoms with Gasteiger partial charge in [-0.15, -0.1) is 0 Å². The number of piperazine rings is 1. The molecular weight excluding hydrogens is 366 g/mol. The summed E-state index contributed by atoms with van der Waals surface area (Å²) in [6.07, 6.45) is -0.414. The number of carbonyl (C=O) groups is 1. The molecule has 0 spiro atoms. The first-order chi connectivity index (χ1) is 12.6. The molecule has 1 aromatic carbocycles. The van der Waals surface area contributed by atoms with Crippen molar-refractivity contribution < 1.29 is 17.9 Å². The van der Waals surface area contributed by atoms with Gasteiger partial charge in [-0.05, 0) is 26.3 Å². The van der Waals surface area contributed by atoms with Crippen LogP contribution in [0.4, 0.5) is 4.79 Å². The fraction of sp³-hybridized carbons (Fsp3) is 0.632. The largest absolute Gasteiger partial charge is 0.444 e. The van der Waals surface area contributed by atoms with E-state index >= 15 is 0 Å². The summed E-state index contributed by atoms with van der Waals surface area (Å²) in [6, 6.07) is 9.00. The monoisotopic (exact) mass is 397 g/mol. The highest BCUT2D eigenvalue weighted by atomic mass is 32.2. The van der Waals surface area contributed by atoms with Crippen molar-refractivity contribution in [2.24, 2.45) is 0 Å². The first-order valence-electron chi connectivity index (χ1n) is 9.40. The van der Waals surface area contributed by atoms with Gasteiger partial charge in [-0.25, -0.2) is 4.79 Å². The first-order valence-corrected chi connectivity index (χ1v) is 10.8. The Morgan fingerprint density at radius 2 is 1.74 bits per heavy atom. The first kappa shape index (κ1) is 21.7. The highest BCUT2D eigenvalue weighted by Gasteiger charge is 2.40. The molecule has 8 heteroatoms. The topological polar surface area (TPSA) is 70.2 Å². The van der Waals surface area contributed by atoms with Gasteiger partial charge in [0.2, 0.25) is 0 Å². The molecule has 0 aromatic heterocycles. The van der Waals surface area contributed by atoms with Crippen LogP contribution in [0.2, 0.25) is 0 Å². The number of nitrogens with zero attached hydrogens (tertiary/aromatic N) is 3. The Labute approximate surface area is 163 Å². The molecule has 152 valence electrons. The van der Waals surface area contributed by atoms with Gasteiger partial charge < -0.3 is 9.64 Å². The van der Waals surface area contributed by atoms with Gasteiger partial charge in [-0.3, -0.25) is 0 Å². The predicted octanol–water partition coefficient (Wildman–Crippen LogP) is 2.87. The van der Waals surface area contributed by atoms with Crippen LogP contribution < -0.4 is 0 Å². The minimum absolute atomic E-state index is 0.234. The Balaban J connectivity index is 2.33. The zero-order valence-electron chi connectivity index (χ0n) is 16.9. The fourth-order valence-corrected chi connectivity index (χ4v) is 4.95. The Morgan fingerprint density at radius 1 is 1.15 bits per heavy atom. The molecule has 0 radical (unpaired) electrons. The molecule has 0 saturated carbocycles. The zero-order valence-corrected chi connectivity index (χ0v) is 17.7. The Kier molecular flexibility index (Phi) is 6.88. The molecule has 2 rings (SSSR count). The summed E-state index contributed by atoms with van der Waals surface area (Å²) in [5.41, 5.74) is 0.269. The maximum atomic E-state index is 13.2. The van der Waals surface area contributed by atoms with Crippen LogP contribution >= 0.6 is 0 Å². The molecule has 1 saturated heterocycles. The van der Waals surface area contributed by atoms with E-state index in [4.69, 9.17) is 4.74 Å². The van der Waals surface area contributed by atoms with Crippen LogP contribution in [0.5, 0.6) is 0 Å². The quantitative estimate of drug-likeness (QED) is 0.766. The van der Waals surface area contributed by atoms with E-state index < -0.39 is 27.9 Å². The summed E-state index contributed by atoms with van der Waals surface area (Å²) in [6.45, 7) is 10.7. The van der Waals surface area contributed by atoms with Gasteiger partial charge in [0, 0.05) is 32.7 Å². The minimum Gasteiger partial charge on any atom is -0.444 e. The highest BCUT2D eigenvalue weighted by molar-refractivity contribution is 7.86. The second-order valence-corrected chi connectivity index (χ2v) is 9.44. The molecule has 27 heavy (non-hydrogen) atoms. The average Bonchev–Trinajstić information content (AvgIpc) is 2.61. The van der Waals surface area contributed by atoms with Crippen molar-refractivity contribution in [2.75, 3.05) is 32.7 Å². The minimum atomic E-state index is -3.62. The zero-order chi connectivity index (χ0) is 20.2. The molecular formula is C19H31N3O4S. The van der Waals surface area contributed by atoms with Crippen LogP contribution in [-0.4, -0.2) is 66.3 Å². The van der Waals surface area contributed by atoms with E-state index in [1.165, 1.54) is 8.61 Å². The van der Waals surface area contributed by atoms with Gasteiger partial charge >= 0.3 is 6.09 Å². The molecule has 0 bridgehead atoms. The summed E-state index contributed by atoms with van der Waals surface area (Å²) in [5, 5.41) is 0. The second-order valence-electron chi connectivity index (χ2n) is 7.56. The van der Waals surface area contributed by atoms with Crippen LogP contribution in [0.1, 0.15) is 46.2 Å². The van der Waals surface area contributed by atoms with Crippen molar-refractivity contribution in [2.45, 2.75) is 46.3 Å². The van der Waals surface area contributed by atoms with Crippen molar-refractivity contribution in [3.63, 3.8) is 0 Å². The third-order valence-electron chi connectivity index (χ3n) is 4.50. The van der Waals surface area contributed by atoms with E-state index in [1.807, 2.05) is 65.0 Å². The SMILES string of the molecule is CCN(CC)S(=O)(=O)N1CCN(C(=O)OC(C)(C)C)CC1c1ccccc1. The van der Waals surface area contributed by atoms with Gasteiger partial charge in [-0.2, -0.15) is 17.0 Å². The highest BCUT2D eigenvalue weighted by Crippen LogP contribution is 2.30. The maximum absolute atomic E-state index is 13.2. The number of hydrogen-bond donors (Lipinski definition) is 0. The number of hydrogen-bond acceptors (Lipinski definition) is 4. The van der Waals surface area contributed by atoms with Crippen molar-refractivity contribution in [1.29, 1.82) is 0 Å². The van der Waals surface area contributed by atoms with Crippen LogP contribution in [-0.2, 0) is 14.9 Å². The summed E-state index contributed by atoms with van der Waals surface area (Å²) < 4.78 is 34.7. The normalized spacial score (nSPS) is 19.3. The van der Waals surface area contributed by atoms with Crippen molar-refractivity contribution >= 4 is 16.3 Å². The lowest BCUT2D eigenvalue weighted by Crippen LogP contribution is -2.56. The molecule has 1 unspecified atom stereocenters. The van der Waals surface area contributed by atoms with Gasteiger partial charge in [0.05, 0.1) is 6.04 Å². The van der Waals surface area contributed by atoms with E-state index in [2.05, 4.69) is 0 Å². The molecule has 1 aromatic rings. The molecule has 1 fully saturated rings. The van der Waals surface area contributed by atoms with E-state index in [9.17, 15) is 13.2 Å². The molecule has 7 nitrogen and oxygen atoms in total. The Morgan fingerprint density at radius 3 is 2.26 bits per heavy atom. The van der Waals surface area contributed by atoms with E-state index in [0.29, 0.717) is 19.6 Å². The van der Waals surface area contributed by atoms with E-state index in [1.54, 1.807) is 4.90 Å². The predicted molar refractivity (Wildman–Crippen MR) is 106 cm³/mol. The fourth-order valence-electron chi connectivity index (χ4n) is 3.18. The van der Waals surface area contributed by atoms with Gasteiger partial charge in [0.15, 0.2) is 0 Å². The van der Waals surface area contributed by atoms with Crippen LogP contribution in [0.25, 0.3) is 0 Å². The molecule has 1 amide bonds. The summed E-state index contributed by atoms with van der Waals surface area (Å²) in [7, 11) is -3.62. The van der Waals surface area contributed by atoms with Crippen molar-refractivity contribution in [3.8, 4) is 0 Å². The Bertz CT molecular complexity index is 727. The molecule has 1 aliphatic rings.